The third kappa shape index (κ3) is 5.74. The molecule has 0 spiro atoms. The molecular formula is C22H29N3O3. The minimum absolute atomic E-state index is 0.253. The second kappa shape index (κ2) is 11.0. The van der Waals surface area contributed by atoms with Gasteiger partial charge in [-0.3, -0.25) is 4.79 Å². The highest BCUT2D eigenvalue weighted by atomic mass is 16.5. The van der Waals surface area contributed by atoms with Crippen molar-refractivity contribution in [3.8, 4) is 11.5 Å². The summed E-state index contributed by atoms with van der Waals surface area (Å²) < 4.78 is 11.0. The van der Waals surface area contributed by atoms with Crippen LogP contribution in [-0.4, -0.2) is 38.9 Å². The van der Waals surface area contributed by atoms with E-state index in [9.17, 15) is 4.79 Å². The molecule has 0 aromatic heterocycles. The van der Waals surface area contributed by atoms with Crippen LogP contribution in [0.2, 0.25) is 0 Å². The summed E-state index contributed by atoms with van der Waals surface area (Å²) in [5.41, 5.74) is 5.02. The quantitative estimate of drug-likeness (QED) is 0.496. The van der Waals surface area contributed by atoms with Crippen LogP contribution in [0.4, 0.5) is 5.69 Å². The Morgan fingerprint density at radius 1 is 1.07 bits per heavy atom. The van der Waals surface area contributed by atoms with Gasteiger partial charge in [-0.1, -0.05) is 6.92 Å². The number of carbonyl (C=O) groups is 1. The first-order valence-electron chi connectivity index (χ1n) is 9.62. The number of ether oxygens (including phenoxy) is 2. The highest BCUT2D eigenvalue weighted by Crippen LogP contribution is 2.27. The lowest BCUT2D eigenvalue weighted by molar-refractivity contribution is 0.0955. The minimum Gasteiger partial charge on any atom is -0.493 e. The monoisotopic (exact) mass is 383 g/mol. The second-order valence-corrected chi connectivity index (χ2v) is 6.18. The molecule has 0 radical (unpaired) electrons. The predicted octanol–water partition coefficient (Wildman–Crippen LogP) is 4.09. The molecule has 0 saturated heterocycles. The van der Waals surface area contributed by atoms with Gasteiger partial charge in [0, 0.05) is 24.3 Å². The largest absolute Gasteiger partial charge is 0.493 e. The Kier molecular flexibility index (Phi) is 8.34. The number of nitrogens with one attached hydrogen (secondary N) is 1. The molecule has 0 saturated carbocycles. The van der Waals surface area contributed by atoms with Crippen molar-refractivity contribution in [1.29, 1.82) is 0 Å². The molecule has 0 atom stereocenters. The molecule has 28 heavy (non-hydrogen) atoms. The van der Waals surface area contributed by atoms with E-state index >= 15 is 0 Å². The number of methoxy groups -OCH3 is 1. The Morgan fingerprint density at radius 2 is 1.79 bits per heavy atom. The van der Waals surface area contributed by atoms with Crippen molar-refractivity contribution in [2.75, 3.05) is 31.7 Å². The molecule has 0 aliphatic heterocycles. The number of nitrogens with zero attached hydrogens (tertiary/aromatic N) is 2. The SMILES string of the molecule is CCCOc1ccc(/C=N\NC(=O)c2ccc(N(CC)CC)cc2)cc1OC. The number of rotatable bonds is 10. The fourth-order valence-corrected chi connectivity index (χ4v) is 2.74. The molecule has 0 heterocycles. The smallest absolute Gasteiger partial charge is 0.271 e. The van der Waals surface area contributed by atoms with Gasteiger partial charge in [0.2, 0.25) is 0 Å². The molecule has 6 nitrogen and oxygen atoms in total. The highest BCUT2D eigenvalue weighted by Gasteiger charge is 2.07. The summed E-state index contributed by atoms with van der Waals surface area (Å²) >= 11 is 0. The normalized spacial score (nSPS) is 10.7. The van der Waals surface area contributed by atoms with Crippen molar-refractivity contribution in [1.82, 2.24) is 5.43 Å². The van der Waals surface area contributed by atoms with Gasteiger partial charge in [-0.25, -0.2) is 5.43 Å². The molecule has 0 bridgehead atoms. The fraction of sp³-hybridized carbons (Fsp3) is 0.364. The molecule has 0 aliphatic rings. The summed E-state index contributed by atoms with van der Waals surface area (Å²) in [5, 5.41) is 4.04. The van der Waals surface area contributed by atoms with Gasteiger partial charge in [0.05, 0.1) is 19.9 Å². The van der Waals surface area contributed by atoms with Crippen molar-refractivity contribution in [2.45, 2.75) is 27.2 Å². The summed E-state index contributed by atoms with van der Waals surface area (Å²) in [6.07, 6.45) is 2.50. The number of hydrogen-bond donors (Lipinski definition) is 1. The van der Waals surface area contributed by atoms with Crippen molar-refractivity contribution in [3.63, 3.8) is 0 Å². The Bertz CT molecular complexity index is 784. The Morgan fingerprint density at radius 3 is 2.39 bits per heavy atom. The molecule has 1 N–H and O–H groups in total. The Hall–Kier alpha value is -3.02. The topological polar surface area (TPSA) is 63.2 Å². The van der Waals surface area contributed by atoms with Gasteiger partial charge in [0.1, 0.15) is 0 Å². The summed E-state index contributed by atoms with van der Waals surface area (Å²) in [4.78, 5) is 14.5. The van der Waals surface area contributed by atoms with E-state index in [4.69, 9.17) is 9.47 Å². The van der Waals surface area contributed by atoms with Crippen LogP contribution in [0.25, 0.3) is 0 Å². The number of amides is 1. The second-order valence-electron chi connectivity index (χ2n) is 6.18. The van der Waals surface area contributed by atoms with Crippen molar-refractivity contribution in [2.24, 2.45) is 5.10 Å². The summed E-state index contributed by atoms with van der Waals surface area (Å²) in [5.74, 6) is 1.08. The molecule has 2 rings (SSSR count). The average Bonchev–Trinajstić information content (AvgIpc) is 2.74. The third-order valence-corrected chi connectivity index (χ3v) is 4.29. The number of benzene rings is 2. The molecule has 0 unspecified atom stereocenters. The fourth-order valence-electron chi connectivity index (χ4n) is 2.74. The lowest BCUT2D eigenvalue weighted by Crippen LogP contribution is -2.22. The van der Waals surface area contributed by atoms with Gasteiger partial charge >= 0.3 is 0 Å². The zero-order valence-electron chi connectivity index (χ0n) is 17.1. The average molecular weight is 383 g/mol. The molecule has 6 heteroatoms. The van der Waals surface area contributed by atoms with Crippen LogP contribution in [0.15, 0.2) is 47.6 Å². The van der Waals surface area contributed by atoms with Crippen LogP contribution in [-0.2, 0) is 0 Å². The van der Waals surface area contributed by atoms with Gasteiger partial charge in [-0.15, -0.1) is 0 Å². The van der Waals surface area contributed by atoms with E-state index in [0.29, 0.717) is 23.7 Å². The van der Waals surface area contributed by atoms with Gasteiger partial charge in [-0.2, -0.15) is 5.10 Å². The number of carbonyl (C=O) groups excluding carboxylic acids is 1. The molecular weight excluding hydrogens is 354 g/mol. The third-order valence-electron chi connectivity index (χ3n) is 4.29. The lowest BCUT2D eigenvalue weighted by Gasteiger charge is -2.20. The minimum atomic E-state index is -0.253. The first-order chi connectivity index (χ1) is 13.6. The molecule has 2 aromatic carbocycles. The van der Waals surface area contributed by atoms with Crippen LogP contribution < -0.4 is 19.8 Å². The van der Waals surface area contributed by atoms with Gasteiger partial charge in [0.25, 0.3) is 5.91 Å². The first-order valence-corrected chi connectivity index (χ1v) is 9.62. The van der Waals surface area contributed by atoms with E-state index in [1.165, 1.54) is 0 Å². The molecule has 2 aromatic rings. The maximum Gasteiger partial charge on any atom is 0.271 e. The predicted molar refractivity (Wildman–Crippen MR) is 114 cm³/mol. The van der Waals surface area contributed by atoms with Crippen LogP contribution in [0.1, 0.15) is 43.1 Å². The lowest BCUT2D eigenvalue weighted by atomic mass is 10.2. The van der Waals surface area contributed by atoms with Gasteiger partial charge in [0.15, 0.2) is 11.5 Å². The molecule has 1 amide bonds. The van der Waals surface area contributed by atoms with E-state index in [1.807, 2.05) is 37.3 Å². The van der Waals surface area contributed by atoms with E-state index in [0.717, 1.165) is 30.8 Å². The van der Waals surface area contributed by atoms with Crippen LogP contribution in [0, 0.1) is 0 Å². The summed E-state index contributed by atoms with van der Waals surface area (Å²) in [7, 11) is 1.60. The van der Waals surface area contributed by atoms with E-state index in [-0.39, 0.29) is 5.91 Å². The highest BCUT2D eigenvalue weighted by molar-refractivity contribution is 5.95. The van der Waals surface area contributed by atoms with Crippen LogP contribution >= 0.6 is 0 Å². The van der Waals surface area contributed by atoms with Crippen molar-refractivity contribution < 1.29 is 14.3 Å². The van der Waals surface area contributed by atoms with Gasteiger partial charge in [-0.05, 0) is 68.3 Å². The van der Waals surface area contributed by atoms with Gasteiger partial charge < -0.3 is 14.4 Å². The first kappa shape index (κ1) is 21.3. The van der Waals surface area contributed by atoms with E-state index in [2.05, 4.69) is 29.3 Å². The molecule has 0 fully saturated rings. The van der Waals surface area contributed by atoms with E-state index < -0.39 is 0 Å². The zero-order chi connectivity index (χ0) is 20.4. The standard InChI is InChI=1S/C22H29N3O3/c1-5-14-28-20-13-8-17(15-21(20)27-4)16-23-24-22(26)18-9-11-19(12-10-18)25(6-2)7-3/h8-13,15-16H,5-7,14H2,1-4H3,(H,24,26)/b23-16-. The summed E-state index contributed by atoms with van der Waals surface area (Å²) in [6, 6.07) is 13.0. The van der Waals surface area contributed by atoms with Crippen LogP contribution in [0.5, 0.6) is 11.5 Å². The van der Waals surface area contributed by atoms with Crippen LogP contribution in [0.3, 0.4) is 0 Å². The summed E-state index contributed by atoms with van der Waals surface area (Å²) in [6.45, 7) is 8.75. The van der Waals surface area contributed by atoms with Crippen molar-refractivity contribution in [3.05, 3.63) is 53.6 Å². The Balaban J connectivity index is 1.99. The number of anilines is 1. The Labute approximate surface area is 167 Å². The number of hydrazone groups is 1. The van der Waals surface area contributed by atoms with E-state index in [1.54, 1.807) is 25.5 Å². The molecule has 150 valence electrons. The molecule has 0 aliphatic carbocycles. The maximum atomic E-state index is 12.3. The zero-order valence-corrected chi connectivity index (χ0v) is 17.1. The van der Waals surface area contributed by atoms with Crippen molar-refractivity contribution >= 4 is 17.8 Å². The maximum absolute atomic E-state index is 12.3. The number of hydrogen-bond acceptors (Lipinski definition) is 5.